The molecule has 0 aliphatic heterocycles. The molecule has 77 valence electrons. The second kappa shape index (κ2) is 4.83. The van der Waals surface area contributed by atoms with Crippen LogP contribution < -0.4 is 9.47 Å². The molecule has 4 nitrogen and oxygen atoms in total. The highest BCUT2D eigenvalue weighted by Gasteiger charge is 2.11. The Hall–Kier alpha value is -1.26. The van der Waals surface area contributed by atoms with Crippen LogP contribution in [-0.2, 0) is 9.84 Å². The Morgan fingerprint density at radius 1 is 1.07 bits per heavy atom. The molecule has 0 amide bonds. The van der Waals surface area contributed by atoms with E-state index in [-0.39, 0.29) is 0 Å². The molecule has 1 aromatic rings. The zero-order valence-corrected chi connectivity index (χ0v) is 8.44. The first-order valence-electron chi connectivity index (χ1n) is 4.13. The fourth-order valence-electron chi connectivity index (χ4n) is 1.14. The Morgan fingerprint density at radius 3 is 2.21 bits per heavy atom. The summed E-state index contributed by atoms with van der Waals surface area (Å²) in [7, 11) is 4.44. The van der Waals surface area contributed by atoms with Gasteiger partial charge < -0.3 is 14.2 Å². The second-order valence-electron chi connectivity index (χ2n) is 2.68. The van der Waals surface area contributed by atoms with Gasteiger partial charge in [-0.05, 0) is 18.2 Å². The molecule has 1 aromatic carbocycles. The lowest BCUT2D eigenvalue weighted by Crippen LogP contribution is -1.99. The zero-order valence-electron chi connectivity index (χ0n) is 8.44. The molecule has 0 saturated carbocycles. The fourth-order valence-corrected chi connectivity index (χ4v) is 1.14. The lowest BCUT2D eigenvalue weighted by Gasteiger charge is -2.11. The lowest BCUT2D eigenvalue weighted by atomic mass is 10.2. The Bertz CT molecular complexity index is 298. The summed E-state index contributed by atoms with van der Waals surface area (Å²) < 4.78 is 14.7. The van der Waals surface area contributed by atoms with Crippen molar-refractivity contribution in [2.75, 3.05) is 21.3 Å². The summed E-state index contributed by atoms with van der Waals surface area (Å²) in [4.78, 5) is 0. The Morgan fingerprint density at radius 2 is 1.71 bits per heavy atom. The van der Waals surface area contributed by atoms with Crippen LogP contribution in [0.2, 0.25) is 0 Å². The fraction of sp³-hybridized carbons (Fsp3) is 0.400. The number of hydrogen-bond donors (Lipinski definition) is 0. The summed E-state index contributed by atoms with van der Waals surface area (Å²) in [5.74, 6) is 1.13. The third-order valence-corrected chi connectivity index (χ3v) is 1.89. The molecule has 0 spiro atoms. The molecule has 4 heteroatoms. The number of rotatable bonds is 4. The Kier molecular flexibility index (Phi) is 3.73. The van der Waals surface area contributed by atoms with Gasteiger partial charge in [0.2, 0.25) is 6.29 Å². The third-order valence-electron chi connectivity index (χ3n) is 1.89. The van der Waals surface area contributed by atoms with E-state index in [9.17, 15) is 5.11 Å². The van der Waals surface area contributed by atoms with Gasteiger partial charge in [0.25, 0.3) is 0 Å². The summed E-state index contributed by atoms with van der Waals surface area (Å²) in [6, 6.07) is 4.95. The van der Waals surface area contributed by atoms with E-state index in [2.05, 4.69) is 4.74 Å². The van der Waals surface area contributed by atoms with Gasteiger partial charge in [-0.15, -0.1) is 0 Å². The number of hydrogen-bond acceptors (Lipinski definition) is 3. The van der Waals surface area contributed by atoms with E-state index in [1.165, 1.54) is 14.2 Å². The molecule has 0 bridgehead atoms. The summed E-state index contributed by atoms with van der Waals surface area (Å²) in [6.07, 6.45) is -1.19. The molecule has 0 aromatic heterocycles. The molecule has 0 heterocycles. The van der Waals surface area contributed by atoms with Crippen LogP contribution in [-0.4, -0.2) is 21.3 Å². The first-order valence-corrected chi connectivity index (χ1v) is 4.13. The van der Waals surface area contributed by atoms with Gasteiger partial charge in [-0.2, -0.15) is 5.11 Å². The average Bonchev–Trinajstić information content (AvgIpc) is 2.26. The minimum atomic E-state index is -1.19. The molecule has 1 atom stereocenters. The number of methoxy groups -OCH3 is 3. The van der Waals surface area contributed by atoms with E-state index < -0.39 is 6.29 Å². The van der Waals surface area contributed by atoms with Crippen LogP contribution in [0.15, 0.2) is 18.2 Å². The van der Waals surface area contributed by atoms with Gasteiger partial charge in [-0.3, -0.25) is 0 Å². The zero-order chi connectivity index (χ0) is 10.6. The van der Waals surface area contributed by atoms with Gasteiger partial charge in [0.15, 0.2) is 11.5 Å². The predicted octanol–water partition coefficient (Wildman–Crippen LogP) is 1.78. The summed E-state index contributed by atoms with van der Waals surface area (Å²) >= 11 is 0. The molecule has 0 aliphatic rings. The van der Waals surface area contributed by atoms with E-state index in [1.54, 1.807) is 25.3 Å². The van der Waals surface area contributed by atoms with Crippen molar-refractivity contribution in [3.63, 3.8) is 0 Å². The topological polar surface area (TPSA) is 47.6 Å². The largest absolute Gasteiger partial charge is 0.493 e. The second-order valence-corrected chi connectivity index (χ2v) is 2.68. The summed E-state index contributed by atoms with van der Waals surface area (Å²) in [5.41, 5.74) is 0.519. The average molecular weight is 197 g/mol. The molecule has 0 N–H and O–H groups in total. The maximum absolute atomic E-state index is 11.2. The van der Waals surface area contributed by atoms with Gasteiger partial charge in [0.1, 0.15) is 0 Å². The van der Waals surface area contributed by atoms with Crippen LogP contribution in [0.1, 0.15) is 11.9 Å². The molecule has 0 fully saturated rings. The standard InChI is InChI=1S/C10H13O4/c1-12-8-5-4-7(10(11)14-3)6-9(8)13-2/h4-6,10H,1-3H3. The van der Waals surface area contributed by atoms with Crippen molar-refractivity contribution < 1.29 is 19.3 Å². The molecular formula is C10H13O4. The van der Waals surface area contributed by atoms with E-state index >= 15 is 0 Å². The lowest BCUT2D eigenvalue weighted by molar-refractivity contribution is -0.123. The summed E-state index contributed by atoms with van der Waals surface area (Å²) in [5, 5.41) is 11.2. The van der Waals surface area contributed by atoms with E-state index in [1.807, 2.05) is 0 Å². The molecule has 1 unspecified atom stereocenters. The van der Waals surface area contributed by atoms with Crippen molar-refractivity contribution in [2.45, 2.75) is 6.29 Å². The van der Waals surface area contributed by atoms with E-state index in [0.717, 1.165) is 0 Å². The van der Waals surface area contributed by atoms with Crippen molar-refractivity contribution in [3.05, 3.63) is 23.8 Å². The number of benzene rings is 1. The molecule has 14 heavy (non-hydrogen) atoms. The highest BCUT2D eigenvalue weighted by molar-refractivity contribution is 5.43. The van der Waals surface area contributed by atoms with Crippen molar-refractivity contribution in [3.8, 4) is 11.5 Å². The minimum Gasteiger partial charge on any atom is -0.493 e. The van der Waals surface area contributed by atoms with Crippen LogP contribution in [0.25, 0.3) is 0 Å². The van der Waals surface area contributed by atoms with Gasteiger partial charge in [-0.25, -0.2) is 0 Å². The van der Waals surface area contributed by atoms with Crippen molar-refractivity contribution in [1.29, 1.82) is 0 Å². The monoisotopic (exact) mass is 197 g/mol. The smallest absolute Gasteiger partial charge is 0.217 e. The van der Waals surface area contributed by atoms with Crippen LogP contribution in [0.4, 0.5) is 0 Å². The number of ether oxygens (including phenoxy) is 3. The molecule has 1 rings (SSSR count). The Balaban J connectivity index is 3.01. The minimum absolute atomic E-state index is 0.519. The third kappa shape index (κ3) is 2.16. The maximum Gasteiger partial charge on any atom is 0.217 e. The summed E-state index contributed by atoms with van der Waals surface area (Å²) in [6.45, 7) is 0. The van der Waals surface area contributed by atoms with Crippen LogP contribution >= 0.6 is 0 Å². The first kappa shape index (κ1) is 10.8. The van der Waals surface area contributed by atoms with Crippen molar-refractivity contribution in [2.24, 2.45) is 0 Å². The van der Waals surface area contributed by atoms with E-state index in [4.69, 9.17) is 9.47 Å². The molecule has 0 saturated heterocycles. The molecule has 0 aliphatic carbocycles. The molecular weight excluding hydrogens is 184 g/mol. The SMILES string of the molecule is COc1ccc(C([O])OC)cc1OC. The van der Waals surface area contributed by atoms with Crippen molar-refractivity contribution in [1.82, 2.24) is 0 Å². The van der Waals surface area contributed by atoms with Gasteiger partial charge in [0.05, 0.1) is 14.2 Å². The quantitative estimate of drug-likeness (QED) is 0.691. The van der Waals surface area contributed by atoms with Crippen LogP contribution in [0.3, 0.4) is 0 Å². The van der Waals surface area contributed by atoms with Gasteiger partial charge in [-0.1, -0.05) is 0 Å². The van der Waals surface area contributed by atoms with Crippen LogP contribution in [0, 0.1) is 0 Å². The van der Waals surface area contributed by atoms with Crippen LogP contribution in [0.5, 0.6) is 11.5 Å². The maximum atomic E-state index is 11.2. The highest BCUT2D eigenvalue weighted by Crippen LogP contribution is 2.30. The predicted molar refractivity (Wildman–Crippen MR) is 50.0 cm³/mol. The first-order chi connectivity index (χ1) is 6.72. The van der Waals surface area contributed by atoms with E-state index in [0.29, 0.717) is 17.1 Å². The Labute approximate surface area is 83.0 Å². The van der Waals surface area contributed by atoms with Gasteiger partial charge in [0, 0.05) is 12.7 Å². The molecule has 1 radical (unpaired) electrons. The van der Waals surface area contributed by atoms with Gasteiger partial charge >= 0.3 is 0 Å². The normalized spacial score (nSPS) is 12.3. The highest BCUT2D eigenvalue weighted by atomic mass is 16.6. The van der Waals surface area contributed by atoms with Crippen molar-refractivity contribution >= 4 is 0 Å².